The summed E-state index contributed by atoms with van der Waals surface area (Å²) >= 11 is 3.86. The first-order chi connectivity index (χ1) is 10.2. The molecule has 1 fully saturated rings. The summed E-state index contributed by atoms with van der Waals surface area (Å²) < 4.78 is 7.11. The lowest BCUT2D eigenvalue weighted by molar-refractivity contribution is 0.0596. The lowest BCUT2D eigenvalue weighted by Gasteiger charge is -2.32. The van der Waals surface area contributed by atoms with Crippen LogP contribution >= 0.6 is 33.9 Å². The normalized spacial score (nSPS) is 16.0. The van der Waals surface area contributed by atoms with Crippen LogP contribution in [0.25, 0.3) is 0 Å². The molecule has 3 nitrogen and oxygen atoms in total. The first kappa shape index (κ1) is 14.8. The first-order valence-electron chi connectivity index (χ1n) is 6.97. The van der Waals surface area contributed by atoms with Crippen LogP contribution in [0.15, 0.2) is 41.8 Å². The quantitative estimate of drug-likeness (QED) is 0.712. The van der Waals surface area contributed by atoms with Crippen LogP contribution in [0.5, 0.6) is 5.75 Å². The summed E-state index contributed by atoms with van der Waals surface area (Å²) in [5.74, 6) is 1.06. The zero-order valence-corrected chi connectivity index (χ0v) is 14.5. The molecule has 5 heteroatoms. The molecule has 3 rings (SSSR count). The third-order valence-electron chi connectivity index (χ3n) is 3.59. The zero-order chi connectivity index (χ0) is 14.7. The molecule has 1 amide bonds. The highest BCUT2D eigenvalue weighted by atomic mass is 127. The summed E-state index contributed by atoms with van der Waals surface area (Å²) in [4.78, 5) is 14.3. The smallest absolute Gasteiger partial charge is 0.254 e. The molecule has 0 saturated carbocycles. The van der Waals surface area contributed by atoms with Gasteiger partial charge in [0.2, 0.25) is 0 Å². The molecule has 0 unspecified atom stereocenters. The second-order valence-corrected chi connectivity index (χ2v) is 7.87. The fourth-order valence-corrected chi connectivity index (χ4v) is 3.79. The van der Waals surface area contributed by atoms with Crippen molar-refractivity contribution in [3.63, 3.8) is 0 Å². The van der Waals surface area contributed by atoms with Gasteiger partial charge < -0.3 is 9.64 Å². The predicted octanol–water partition coefficient (Wildman–Crippen LogP) is 4.04. The van der Waals surface area contributed by atoms with Crippen molar-refractivity contribution >= 4 is 39.8 Å². The summed E-state index contributed by atoms with van der Waals surface area (Å²) in [5, 5.41) is 1.94. The maximum Gasteiger partial charge on any atom is 0.254 e. The molecule has 0 aliphatic carbocycles. The number of halogens is 1. The van der Waals surface area contributed by atoms with Gasteiger partial charge in [-0.3, -0.25) is 4.79 Å². The van der Waals surface area contributed by atoms with Gasteiger partial charge >= 0.3 is 0 Å². The number of para-hydroxylation sites is 1. The van der Waals surface area contributed by atoms with Gasteiger partial charge in [-0.25, -0.2) is 0 Å². The van der Waals surface area contributed by atoms with E-state index >= 15 is 0 Å². The number of carbonyl (C=O) groups is 1. The number of hydrogen-bond donors (Lipinski definition) is 0. The van der Waals surface area contributed by atoms with Crippen LogP contribution < -0.4 is 4.74 Å². The Balaban J connectivity index is 1.54. The molecule has 0 atom stereocenters. The van der Waals surface area contributed by atoms with Crippen molar-refractivity contribution in [1.82, 2.24) is 4.90 Å². The zero-order valence-electron chi connectivity index (χ0n) is 11.5. The van der Waals surface area contributed by atoms with Gasteiger partial charge in [-0.05, 0) is 40.8 Å². The number of likely N-dealkylation sites (tertiary alicyclic amines) is 1. The molecule has 0 bridgehead atoms. The Labute approximate surface area is 142 Å². The standard InChI is InChI=1S/C16H16INO2S/c17-15-10-12(11-21-15)16(19)18-8-6-14(7-9-18)20-13-4-2-1-3-5-13/h1-5,10-11,14H,6-9H2. The predicted molar refractivity (Wildman–Crippen MR) is 93.0 cm³/mol. The second kappa shape index (κ2) is 6.79. The number of nitrogens with zero attached hydrogens (tertiary/aromatic N) is 1. The number of amides is 1. The Morgan fingerprint density at radius 2 is 1.95 bits per heavy atom. The van der Waals surface area contributed by atoms with E-state index in [-0.39, 0.29) is 12.0 Å². The van der Waals surface area contributed by atoms with Gasteiger partial charge in [0.25, 0.3) is 5.91 Å². The van der Waals surface area contributed by atoms with E-state index in [1.54, 1.807) is 11.3 Å². The van der Waals surface area contributed by atoms with Gasteiger partial charge in [0.05, 0.1) is 8.45 Å². The van der Waals surface area contributed by atoms with Crippen molar-refractivity contribution in [2.45, 2.75) is 18.9 Å². The van der Waals surface area contributed by atoms with E-state index in [0.29, 0.717) is 0 Å². The molecule has 1 aromatic heterocycles. The summed E-state index contributed by atoms with van der Waals surface area (Å²) in [6, 6.07) is 11.9. The Morgan fingerprint density at radius 3 is 2.57 bits per heavy atom. The van der Waals surface area contributed by atoms with Crippen LogP contribution in [0.3, 0.4) is 0 Å². The Kier molecular flexibility index (Phi) is 4.80. The van der Waals surface area contributed by atoms with Crippen LogP contribution in [0.4, 0.5) is 0 Å². The summed E-state index contributed by atoms with van der Waals surface area (Å²) in [5.41, 5.74) is 0.812. The third kappa shape index (κ3) is 3.77. The van der Waals surface area contributed by atoms with E-state index in [2.05, 4.69) is 22.6 Å². The van der Waals surface area contributed by atoms with Gasteiger partial charge in [-0.2, -0.15) is 0 Å². The molecule has 0 N–H and O–H groups in total. The summed E-state index contributed by atoms with van der Waals surface area (Å²) in [6.45, 7) is 1.53. The van der Waals surface area contributed by atoms with Crippen LogP contribution in [0.1, 0.15) is 23.2 Å². The first-order valence-corrected chi connectivity index (χ1v) is 8.93. The monoisotopic (exact) mass is 413 g/mol. The maximum absolute atomic E-state index is 12.4. The van der Waals surface area contributed by atoms with Gasteiger partial charge in [0.1, 0.15) is 11.9 Å². The molecule has 1 aliphatic heterocycles. The van der Waals surface area contributed by atoms with Crippen LogP contribution in [-0.2, 0) is 0 Å². The molecule has 1 saturated heterocycles. The molecule has 1 aromatic carbocycles. The van der Waals surface area contributed by atoms with E-state index in [9.17, 15) is 4.79 Å². The number of carbonyl (C=O) groups excluding carboxylic acids is 1. The molecular formula is C16H16INO2S. The lowest BCUT2D eigenvalue weighted by atomic mass is 10.1. The average molecular weight is 413 g/mol. The number of piperidine rings is 1. The topological polar surface area (TPSA) is 29.5 Å². The fourth-order valence-electron chi connectivity index (χ4n) is 2.47. The SMILES string of the molecule is O=C(c1csc(I)c1)N1CCC(Oc2ccccc2)CC1. The Bertz CT molecular complexity index is 606. The minimum absolute atomic E-state index is 0.146. The van der Waals surface area contributed by atoms with E-state index in [1.165, 1.54) is 0 Å². The summed E-state index contributed by atoms with van der Waals surface area (Å²) in [6.07, 6.45) is 1.99. The molecule has 0 radical (unpaired) electrons. The van der Waals surface area contributed by atoms with Crippen molar-refractivity contribution in [3.8, 4) is 5.75 Å². The van der Waals surface area contributed by atoms with Crippen molar-refractivity contribution in [2.24, 2.45) is 0 Å². The molecular weight excluding hydrogens is 397 g/mol. The van der Waals surface area contributed by atoms with Crippen LogP contribution in [0, 0.1) is 2.88 Å². The van der Waals surface area contributed by atoms with Crippen LogP contribution in [-0.4, -0.2) is 30.0 Å². The van der Waals surface area contributed by atoms with Crippen molar-refractivity contribution in [2.75, 3.05) is 13.1 Å². The fraction of sp³-hybridized carbons (Fsp3) is 0.312. The molecule has 0 spiro atoms. The highest BCUT2D eigenvalue weighted by Gasteiger charge is 2.25. The Morgan fingerprint density at radius 1 is 1.24 bits per heavy atom. The summed E-state index contributed by atoms with van der Waals surface area (Å²) in [7, 11) is 0. The van der Waals surface area contributed by atoms with Crippen LogP contribution in [0.2, 0.25) is 0 Å². The number of rotatable bonds is 3. The Hall–Kier alpha value is -1.08. The highest BCUT2D eigenvalue weighted by Crippen LogP contribution is 2.22. The largest absolute Gasteiger partial charge is 0.490 e. The van der Waals surface area contributed by atoms with E-state index in [4.69, 9.17) is 4.74 Å². The minimum atomic E-state index is 0.146. The van der Waals surface area contributed by atoms with Gasteiger partial charge in [0.15, 0.2) is 0 Å². The molecule has 2 heterocycles. The lowest BCUT2D eigenvalue weighted by Crippen LogP contribution is -2.41. The second-order valence-electron chi connectivity index (χ2n) is 5.06. The van der Waals surface area contributed by atoms with E-state index in [1.807, 2.05) is 46.7 Å². The van der Waals surface area contributed by atoms with Crippen molar-refractivity contribution in [1.29, 1.82) is 0 Å². The number of benzene rings is 1. The molecule has 21 heavy (non-hydrogen) atoms. The number of hydrogen-bond acceptors (Lipinski definition) is 3. The van der Waals surface area contributed by atoms with Gasteiger partial charge in [-0.1, -0.05) is 18.2 Å². The van der Waals surface area contributed by atoms with E-state index < -0.39 is 0 Å². The van der Waals surface area contributed by atoms with Crippen molar-refractivity contribution < 1.29 is 9.53 Å². The maximum atomic E-state index is 12.4. The van der Waals surface area contributed by atoms with E-state index in [0.717, 1.165) is 40.1 Å². The number of thiophene rings is 1. The van der Waals surface area contributed by atoms with Gasteiger partial charge in [-0.15, -0.1) is 11.3 Å². The molecule has 110 valence electrons. The number of ether oxygens (including phenoxy) is 1. The highest BCUT2D eigenvalue weighted by molar-refractivity contribution is 14.1. The van der Waals surface area contributed by atoms with Gasteiger partial charge in [0, 0.05) is 31.3 Å². The average Bonchev–Trinajstić information content (AvgIpc) is 2.95. The minimum Gasteiger partial charge on any atom is -0.490 e. The van der Waals surface area contributed by atoms with Crippen molar-refractivity contribution in [3.05, 3.63) is 50.2 Å². The third-order valence-corrected chi connectivity index (χ3v) is 5.38. The molecule has 2 aromatic rings. The molecule has 1 aliphatic rings.